The van der Waals surface area contributed by atoms with Gasteiger partial charge in [-0.15, -0.1) is 6.58 Å². The number of carbonyl (C=O) groups excluding carboxylic acids is 2. The quantitative estimate of drug-likeness (QED) is 0.468. The second kappa shape index (κ2) is 9.30. The van der Waals surface area contributed by atoms with Crippen LogP contribution in [0.5, 0.6) is 11.5 Å². The van der Waals surface area contributed by atoms with Crippen LogP contribution in [0.25, 0.3) is 0 Å². The molecule has 0 saturated carbocycles. The molecular weight excluding hydrogens is 418 g/mol. The van der Waals surface area contributed by atoms with E-state index < -0.39 is 17.6 Å². The smallest absolute Gasteiger partial charge is 0.329 e. The minimum atomic E-state index is -0.608. The average Bonchev–Trinajstić information content (AvgIpc) is 3.45. The third-order valence-corrected chi connectivity index (χ3v) is 6.03. The number of hydrogen-bond donors (Lipinski definition) is 0. The largest absolute Gasteiger partial charge is 0.458 e. The maximum absolute atomic E-state index is 14.0. The van der Waals surface area contributed by atoms with Gasteiger partial charge in [-0.3, -0.25) is 4.79 Å². The van der Waals surface area contributed by atoms with Gasteiger partial charge in [0, 0.05) is 12.5 Å². The Bertz CT molecular complexity index is 1030. The fourth-order valence-corrected chi connectivity index (χ4v) is 4.57. The average molecular weight is 450 g/mol. The molecule has 2 aromatic carbocycles. The molecule has 2 aliphatic heterocycles. The zero-order valence-corrected chi connectivity index (χ0v) is 19.5. The van der Waals surface area contributed by atoms with E-state index in [1.54, 1.807) is 11.0 Å². The van der Waals surface area contributed by atoms with Crippen LogP contribution < -0.4 is 9.47 Å². The van der Waals surface area contributed by atoms with Crippen LogP contribution in [0.3, 0.4) is 0 Å². The van der Waals surface area contributed by atoms with Crippen molar-refractivity contribution >= 4 is 11.9 Å². The van der Waals surface area contributed by atoms with Crippen LogP contribution in [0.2, 0.25) is 0 Å². The van der Waals surface area contributed by atoms with Crippen molar-refractivity contribution in [1.29, 1.82) is 0 Å². The number of fused-ring (bicyclic) bond motifs is 1. The molecule has 1 amide bonds. The van der Waals surface area contributed by atoms with Gasteiger partial charge in [-0.2, -0.15) is 0 Å². The van der Waals surface area contributed by atoms with Crippen LogP contribution >= 0.6 is 0 Å². The van der Waals surface area contributed by atoms with E-state index in [0.717, 1.165) is 17.5 Å². The number of ether oxygens (including phenoxy) is 3. The first-order valence-electron chi connectivity index (χ1n) is 11.4. The summed E-state index contributed by atoms with van der Waals surface area (Å²) in [6, 6.07) is 14.8. The summed E-state index contributed by atoms with van der Waals surface area (Å²) in [4.78, 5) is 28.6. The number of carbonyl (C=O) groups is 2. The predicted molar refractivity (Wildman–Crippen MR) is 125 cm³/mol. The maximum atomic E-state index is 14.0. The van der Waals surface area contributed by atoms with Crippen LogP contribution in [0.4, 0.5) is 0 Å². The van der Waals surface area contributed by atoms with Gasteiger partial charge in [-0.25, -0.2) is 4.79 Å². The Morgan fingerprint density at radius 3 is 2.52 bits per heavy atom. The number of allylic oxidation sites excluding steroid dienone is 1. The van der Waals surface area contributed by atoms with E-state index >= 15 is 0 Å². The minimum Gasteiger partial charge on any atom is -0.458 e. The van der Waals surface area contributed by atoms with Crippen molar-refractivity contribution in [3.8, 4) is 11.5 Å². The summed E-state index contributed by atoms with van der Waals surface area (Å²) in [6.45, 7) is 10.3. The van der Waals surface area contributed by atoms with E-state index in [2.05, 4.69) is 6.58 Å². The SMILES string of the molecule is C=C[C@H](c1ccc2c(c1)OCO2)[C@H](C(=O)N1CCC[C@H]1C(=O)OC(C)(C)C)c1ccccc1. The van der Waals surface area contributed by atoms with Gasteiger partial charge >= 0.3 is 5.97 Å². The van der Waals surface area contributed by atoms with Crippen molar-refractivity contribution in [2.45, 2.75) is 57.1 Å². The monoisotopic (exact) mass is 449 g/mol. The molecule has 1 fully saturated rings. The van der Waals surface area contributed by atoms with E-state index in [-0.39, 0.29) is 24.6 Å². The first-order valence-corrected chi connectivity index (χ1v) is 11.4. The highest BCUT2D eigenvalue weighted by molar-refractivity contribution is 5.90. The molecule has 1 saturated heterocycles. The number of amides is 1. The van der Waals surface area contributed by atoms with Crippen LogP contribution in [0.15, 0.2) is 61.2 Å². The van der Waals surface area contributed by atoms with Crippen LogP contribution in [-0.4, -0.2) is 41.8 Å². The molecule has 0 aliphatic carbocycles. The summed E-state index contributed by atoms with van der Waals surface area (Å²) in [5.41, 5.74) is 1.17. The van der Waals surface area contributed by atoms with Crippen molar-refractivity contribution in [3.63, 3.8) is 0 Å². The van der Waals surface area contributed by atoms with Gasteiger partial charge in [0.2, 0.25) is 12.7 Å². The third-order valence-electron chi connectivity index (χ3n) is 6.03. The lowest BCUT2D eigenvalue weighted by Crippen LogP contribution is -2.46. The van der Waals surface area contributed by atoms with Gasteiger partial charge in [0.1, 0.15) is 11.6 Å². The molecule has 2 aromatic rings. The van der Waals surface area contributed by atoms with Gasteiger partial charge in [-0.1, -0.05) is 42.5 Å². The Morgan fingerprint density at radius 2 is 1.82 bits per heavy atom. The fraction of sp³-hybridized carbons (Fsp3) is 0.407. The molecule has 0 aromatic heterocycles. The molecule has 0 N–H and O–H groups in total. The second-order valence-electron chi connectivity index (χ2n) is 9.49. The fourth-order valence-electron chi connectivity index (χ4n) is 4.57. The standard InChI is InChI=1S/C27H31NO5/c1-5-20(19-13-14-22-23(16-19)32-17-31-22)24(18-10-7-6-8-11-18)25(29)28-15-9-12-21(28)26(30)33-27(2,3)4/h5-8,10-11,13-14,16,20-21,24H,1,9,12,15,17H2,2-4H3/t20-,21+,24-/m1/s1. The Hall–Kier alpha value is -3.28. The number of hydrogen-bond acceptors (Lipinski definition) is 5. The van der Waals surface area contributed by atoms with Gasteiger partial charge in [-0.05, 0) is 56.9 Å². The summed E-state index contributed by atoms with van der Waals surface area (Å²) in [5, 5.41) is 0. The van der Waals surface area contributed by atoms with Crippen molar-refractivity contribution < 1.29 is 23.8 Å². The maximum Gasteiger partial charge on any atom is 0.329 e. The van der Waals surface area contributed by atoms with E-state index in [1.165, 1.54) is 0 Å². The van der Waals surface area contributed by atoms with Crippen LogP contribution in [0.1, 0.15) is 56.6 Å². The molecule has 0 radical (unpaired) electrons. The predicted octanol–water partition coefficient (Wildman–Crippen LogP) is 4.80. The minimum absolute atomic E-state index is 0.0999. The third kappa shape index (κ3) is 4.90. The van der Waals surface area contributed by atoms with E-state index in [1.807, 2.05) is 69.3 Å². The normalized spacial score (nSPS) is 19.1. The topological polar surface area (TPSA) is 65.1 Å². The molecule has 2 heterocycles. The van der Waals surface area contributed by atoms with Gasteiger partial charge in [0.05, 0.1) is 5.92 Å². The molecule has 0 unspecified atom stereocenters. The molecule has 6 nitrogen and oxygen atoms in total. The van der Waals surface area contributed by atoms with Crippen LogP contribution in [-0.2, 0) is 14.3 Å². The highest BCUT2D eigenvalue weighted by Gasteiger charge is 2.42. The molecule has 33 heavy (non-hydrogen) atoms. The molecule has 0 spiro atoms. The van der Waals surface area contributed by atoms with Crippen molar-refractivity contribution in [2.24, 2.45) is 0 Å². The molecule has 2 aliphatic rings. The summed E-state index contributed by atoms with van der Waals surface area (Å²) in [6.07, 6.45) is 3.16. The summed E-state index contributed by atoms with van der Waals surface area (Å²) in [7, 11) is 0. The van der Waals surface area contributed by atoms with E-state index in [4.69, 9.17) is 14.2 Å². The van der Waals surface area contributed by atoms with E-state index in [0.29, 0.717) is 24.5 Å². The molecule has 174 valence electrons. The molecule has 0 bridgehead atoms. The van der Waals surface area contributed by atoms with Crippen molar-refractivity contribution in [2.75, 3.05) is 13.3 Å². The highest BCUT2D eigenvalue weighted by atomic mass is 16.7. The molecule has 6 heteroatoms. The van der Waals surface area contributed by atoms with Crippen molar-refractivity contribution in [3.05, 3.63) is 72.3 Å². The summed E-state index contributed by atoms with van der Waals surface area (Å²) >= 11 is 0. The number of rotatable bonds is 6. The Morgan fingerprint density at radius 1 is 1.09 bits per heavy atom. The van der Waals surface area contributed by atoms with Crippen LogP contribution in [0, 0.1) is 0 Å². The number of benzene rings is 2. The Kier molecular flexibility index (Phi) is 6.45. The number of esters is 1. The van der Waals surface area contributed by atoms with Gasteiger partial charge in [0.25, 0.3) is 0 Å². The molecule has 3 atom stereocenters. The van der Waals surface area contributed by atoms with Gasteiger partial charge in [0.15, 0.2) is 11.5 Å². The zero-order valence-electron chi connectivity index (χ0n) is 19.5. The first kappa shape index (κ1) is 22.9. The second-order valence-corrected chi connectivity index (χ2v) is 9.49. The molecule has 4 rings (SSSR count). The van der Waals surface area contributed by atoms with E-state index in [9.17, 15) is 9.59 Å². The zero-order chi connectivity index (χ0) is 23.6. The lowest BCUT2D eigenvalue weighted by molar-refractivity contribution is -0.163. The summed E-state index contributed by atoms with van der Waals surface area (Å²) in [5.74, 6) is 0.0528. The Labute approximate surface area is 195 Å². The number of likely N-dealkylation sites (tertiary alicyclic amines) is 1. The lowest BCUT2D eigenvalue weighted by atomic mass is 9.80. The van der Waals surface area contributed by atoms with Gasteiger partial charge < -0.3 is 19.1 Å². The highest BCUT2D eigenvalue weighted by Crippen LogP contribution is 2.41. The molecular formula is C27H31NO5. The summed E-state index contributed by atoms with van der Waals surface area (Å²) < 4.78 is 16.6. The van der Waals surface area contributed by atoms with Crippen molar-refractivity contribution in [1.82, 2.24) is 4.90 Å². The lowest BCUT2D eigenvalue weighted by Gasteiger charge is -2.33. The Balaban J connectivity index is 1.69. The number of nitrogens with zero attached hydrogens (tertiary/aromatic N) is 1. The first-order chi connectivity index (χ1) is 15.8.